The zero-order valence-electron chi connectivity index (χ0n) is 13.3. The molecule has 0 unspecified atom stereocenters. The summed E-state index contributed by atoms with van der Waals surface area (Å²) in [5, 5.41) is 0. The number of methoxy groups -OCH3 is 1. The number of benzene rings is 2. The van der Waals surface area contributed by atoms with E-state index in [4.69, 9.17) is 4.74 Å². The predicted molar refractivity (Wildman–Crippen MR) is 88.5 cm³/mol. The molecule has 0 heterocycles. The van der Waals surface area contributed by atoms with Crippen LogP contribution in [0.3, 0.4) is 0 Å². The maximum atomic E-state index is 12.0. The van der Waals surface area contributed by atoms with Crippen LogP contribution in [0.1, 0.15) is 22.8 Å². The van der Waals surface area contributed by atoms with E-state index >= 15 is 0 Å². The third-order valence-electron chi connectivity index (χ3n) is 3.20. The molecule has 122 valence electrons. The van der Waals surface area contributed by atoms with Crippen LogP contribution in [-0.2, 0) is 14.3 Å². The van der Waals surface area contributed by atoms with Crippen molar-refractivity contribution in [2.75, 3.05) is 7.11 Å². The molecule has 5 heteroatoms. The van der Waals surface area contributed by atoms with E-state index in [2.05, 4.69) is 4.74 Å². The lowest BCUT2D eigenvalue weighted by Gasteiger charge is -2.05. The van der Waals surface area contributed by atoms with Crippen molar-refractivity contribution in [3.05, 3.63) is 71.3 Å². The Morgan fingerprint density at radius 2 is 1.54 bits per heavy atom. The molecule has 0 aliphatic carbocycles. The molecule has 0 aliphatic rings. The van der Waals surface area contributed by atoms with E-state index in [9.17, 15) is 14.4 Å². The minimum atomic E-state index is -0.693. The highest BCUT2D eigenvalue weighted by Gasteiger charge is 2.14. The van der Waals surface area contributed by atoms with Crippen molar-refractivity contribution in [3.8, 4) is 5.75 Å². The minimum Gasteiger partial charge on any atom is -0.465 e. The number of hydrogen-bond acceptors (Lipinski definition) is 5. The highest BCUT2D eigenvalue weighted by molar-refractivity contribution is 6.19. The van der Waals surface area contributed by atoms with Gasteiger partial charge in [-0.15, -0.1) is 0 Å². The van der Waals surface area contributed by atoms with Crippen LogP contribution in [0.15, 0.2) is 60.2 Å². The van der Waals surface area contributed by atoms with Gasteiger partial charge in [-0.3, -0.25) is 4.79 Å². The maximum Gasteiger partial charge on any atom is 0.343 e. The summed E-state index contributed by atoms with van der Waals surface area (Å²) in [6, 6.07) is 15.1. The Hall–Kier alpha value is -3.21. The molecule has 0 radical (unpaired) electrons. The third-order valence-corrected chi connectivity index (χ3v) is 3.20. The average molecular weight is 324 g/mol. The van der Waals surface area contributed by atoms with E-state index in [1.165, 1.54) is 20.1 Å². The van der Waals surface area contributed by atoms with E-state index in [-0.39, 0.29) is 11.4 Å². The van der Waals surface area contributed by atoms with Crippen molar-refractivity contribution in [1.29, 1.82) is 0 Å². The van der Waals surface area contributed by atoms with Gasteiger partial charge in [0.2, 0.25) is 0 Å². The molecule has 0 aromatic heterocycles. The summed E-state index contributed by atoms with van der Waals surface area (Å²) < 4.78 is 9.83. The predicted octanol–water partition coefficient (Wildman–Crippen LogP) is 3.05. The summed E-state index contributed by atoms with van der Waals surface area (Å²) in [4.78, 5) is 35.0. The van der Waals surface area contributed by atoms with Gasteiger partial charge >= 0.3 is 11.9 Å². The molecule has 0 N–H and O–H groups in total. The van der Waals surface area contributed by atoms with Gasteiger partial charge in [-0.25, -0.2) is 9.59 Å². The number of hydrogen-bond donors (Lipinski definition) is 0. The van der Waals surface area contributed by atoms with Crippen LogP contribution < -0.4 is 4.74 Å². The normalized spacial score (nSPS) is 10.8. The fourth-order valence-electron chi connectivity index (χ4n) is 1.95. The van der Waals surface area contributed by atoms with Crippen molar-refractivity contribution >= 4 is 23.8 Å². The van der Waals surface area contributed by atoms with Gasteiger partial charge in [-0.1, -0.05) is 30.3 Å². The molecule has 5 nitrogen and oxygen atoms in total. The Bertz CT molecular complexity index is 773. The summed E-state index contributed by atoms with van der Waals surface area (Å²) in [7, 11) is 1.21. The number of rotatable bonds is 5. The second-order valence-corrected chi connectivity index (χ2v) is 4.93. The van der Waals surface area contributed by atoms with Crippen molar-refractivity contribution in [2.24, 2.45) is 0 Å². The lowest BCUT2D eigenvalue weighted by Crippen LogP contribution is -2.11. The van der Waals surface area contributed by atoms with Gasteiger partial charge in [-0.2, -0.15) is 0 Å². The van der Waals surface area contributed by atoms with Gasteiger partial charge < -0.3 is 9.47 Å². The second-order valence-electron chi connectivity index (χ2n) is 4.93. The Morgan fingerprint density at radius 1 is 0.917 bits per heavy atom. The molecule has 2 aromatic rings. The third kappa shape index (κ3) is 4.39. The first-order chi connectivity index (χ1) is 11.5. The Balaban J connectivity index is 2.14. The van der Waals surface area contributed by atoms with Crippen LogP contribution in [0, 0.1) is 0 Å². The first-order valence-electron chi connectivity index (χ1n) is 7.19. The largest absolute Gasteiger partial charge is 0.465 e. The van der Waals surface area contributed by atoms with Crippen molar-refractivity contribution in [2.45, 2.75) is 6.92 Å². The first kappa shape index (κ1) is 17.1. The summed E-state index contributed by atoms with van der Waals surface area (Å²) in [5.41, 5.74) is 1.02. The summed E-state index contributed by atoms with van der Waals surface area (Å²) in [5.74, 6) is -1.18. The van der Waals surface area contributed by atoms with Crippen molar-refractivity contribution in [3.63, 3.8) is 0 Å². The molecule has 0 aliphatic heterocycles. The van der Waals surface area contributed by atoms with Gasteiger partial charge in [0.05, 0.1) is 12.7 Å². The number of ketones is 1. The molecule has 0 saturated carbocycles. The fraction of sp³-hybridized carbons (Fsp3) is 0.105. The van der Waals surface area contributed by atoms with E-state index in [1.54, 1.807) is 48.5 Å². The monoisotopic (exact) mass is 324 g/mol. The van der Waals surface area contributed by atoms with Crippen LogP contribution in [-0.4, -0.2) is 24.8 Å². The van der Waals surface area contributed by atoms with E-state index in [0.29, 0.717) is 16.9 Å². The molecule has 2 rings (SSSR count). The second kappa shape index (κ2) is 7.87. The van der Waals surface area contributed by atoms with Crippen LogP contribution in [0.2, 0.25) is 0 Å². The Morgan fingerprint density at radius 3 is 2.08 bits per heavy atom. The Kier molecular flexibility index (Phi) is 5.63. The lowest BCUT2D eigenvalue weighted by molar-refractivity contribution is -0.137. The average Bonchev–Trinajstić information content (AvgIpc) is 2.60. The molecule has 0 atom stereocenters. The molecule has 2 aromatic carbocycles. The highest BCUT2D eigenvalue weighted by Crippen LogP contribution is 2.17. The number of Topliss-reactive ketones (excluding diaryl/α,β-unsaturated/α-hetero) is 1. The van der Waals surface area contributed by atoms with Gasteiger partial charge in [0.1, 0.15) is 11.3 Å². The quantitative estimate of drug-likeness (QED) is 0.278. The minimum absolute atomic E-state index is 0.0495. The molecule has 24 heavy (non-hydrogen) atoms. The van der Waals surface area contributed by atoms with E-state index in [0.717, 1.165) is 0 Å². The van der Waals surface area contributed by atoms with Crippen molar-refractivity contribution < 1.29 is 23.9 Å². The van der Waals surface area contributed by atoms with Crippen LogP contribution in [0.4, 0.5) is 0 Å². The van der Waals surface area contributed by atoms with Gasteiger partial charge in [0.25, 0.3) is 0 Å². The molecule has 0 spiro atoms. The number of carbonyl (C=O) groups is 3. The fourth-order valence-corrected chi connectivity index (χ4v) is 1.95. The molecule has 0 fully saturated rings. The molecule has 0 bridgehead atoms. The smallest absolute Gasteiger partial charge is 0.343 e. The first-order valence-corrected chi connectivity index (χ1v) is 7.19. The molecule has 0 saturated heterocycles. The Labute approximate surface area is 139 Å². The molecular formula is C19H16O5. The van der Waals surface area contributed by atoms with E-state index in [1.807, 2.05) is 6.07 Å². The molecular weight excluding hydrogens is 308 g/mol. The zero-order chi connectivity index (χ0) is 17.5. The molecule has 0 amide bonds. The standard InChI is InChI=1S/C19H16O5/c1-13(20)17(19(22)23-2)12-14-8-10-16(11-9-14)24-18(21)15-6-4-3-5-7-15/h3-12H,1-2H3. The van der Waals surface area contributed by atoms with Gasteiger partial charge in [0, 0.05) is 0 Å². The van der Waals surface area contributed by atoms with Crippen LogP contribution in [0.25, 0.3) is 6.08 Å². The van der Waals surface area contributed by atoms with Gasteiger partial charge in [-0.05, 0) is 42.8 Å². The summed E-state index contributed by atoms with van der Waals surface area (Å²) in [6.45, 7) is 1.29. The van der Waals surface area contributed by atoms with E-state index < -0.39 is 11.9 Å². The lowest BCUT2D eigenvalue weighted by atomic mass is 10.1. The maximum absolute atomic E-state index is 12.0. The highest BCUT2D eigenvalue weighted by atomic mass is 16.5. The van der Waals surface area contributed by atoms with Crippen LogP contribution >= 0.6 is 0 Å². The number of carbonyl (C=O) groups excluding carboxylic acids is 3. The SMILES string of the molecule is COC(=O)C(=Cc1ccc(OC(=O)c2ccccc2)cc1)C(C)=O. The topological polar surface area (TPSA) is 69.7 Å². The number of esters is 2. The summed E-state index contributed by atoms with van der Waals surface area (Å²) in [6.07, 6.45) is 1.43. The van der Waals surface area contributed by atoms with Crippen molar-refractivity contribution in [1.82, 2.24) is 0 Å². The summed E-state index contributed by atoms with van der Waals surface area (Å²) >= 11 is 0. The van der Waals surface area contributed by atoms with Gasteiger partial charge in [0.15, 0.2) is 5.78 Å². The van der Waals surface area contributed by atoms with Crippen LogP contribution in [0.5, 0.6) is 5.75 Å². The number of ether oxygens (including phenoxy) is 2. The zero-order valence-corrected chi connectivity index (χ0v) is 13.3.